The predicted molar refractivity (Wildman–Crippen MR) is 104 cm³/mol. The van der Waals surface area contributed by atoms with Crippen LogP contribution < -0.4 is 18.9 Å². The van der Waals surface area contributed by atoms with Gasteiger partial charge in [0.15, 0.2) is 23.0 Å². The Hall–Kier alpha value is -2.40. The van der Waals surface area contributed by atoms with Crippen LogP contribution in [0.4, 0.5) is 0 Å². The highest BCUT2D eigenvalue weighted by atomic mass is 16.5. The second-order valence-electron chi connectivity index (χ2n) is 7.23. The van der Waals surface area contributed by atoms with Crippen LogP contribution in [0.5, 0.6) is 23.0 Å². The molecule has 2 aliphatic rings. The number of hydrogen-bond donors (Lipinski definition) is 0. The Kier molecular flexibility index (Phi) is 4.64. The third-order valence-electron chi connectivity index (χ3n) is 6.04. The molecule has 144 valence electrons. The van der Waals surface area contributed by atoms with E-state index in [-0.39, 0.29) is 0 Å². The monoisotopic (exact) mass is 369 g/mol. The summed E-state index contributed by atoms with van der Waals surface area (Å²) in [5.74, 6) is 3.60. The maximum atomic E-state index is 5.71. The Labute approximate surface area is 160 Å². The molecular weight excluding hydrogens is 342 g/mol. The molecule has 2 aromatic rings. The van der Waals surface area contributed by atoms with E-state index in [9.17, 15) is 0 Å². The fraction of sp³-hybridized carbons (Fsp3) is 0.455. The van der Waals surface area contributed by atoms with Crippen LogP contribution in [0.15, 0.2) is 24.3 Å². The van der Waals surface area contributed by atoms with Gasteiger partial charge in [-0.25, -0.2) is 0 Å². The SMILES string of the molecule is COc1cc2c(cc1OC)[C@@H]1[C@H](C)c3ccc(OC)c(OC)c3CN1CC2. The molecule has 0 amide bonds. The van der Waals surface area contributed by atoms with Crippen LogP contribution in [0, 0.1) is 0 Å². The van der Waals surface area contributed by atoms with Crippen LogP contribution in [0.25, 0.3) is 0 Å². The summed E-state index contributed by atoms with van der Waals surface area (Å²) >= 11 is 0. The third-order valence-corrected chi connectivity index (χ3v) is 6.04. The van der Waals surface area contributed by atoms with Crippen molar-refractivity contribution >= 4 is 0 Å². The Morgan fingerprint density at radius 3 is 2.22 bits per heavy atom. The average Bonchev–Trinajstić information content (AvgIpc) is 2.71. The number of rotatable bonds is 4. The molecule has 0 bridgehead atoms. The van der Waals surface area contributed by atoms with Gasteiger partial charge in [-0.1, -0.05) is 13.0 Å². The van der Waals surface area contributed by atoms with Crippen molar-refractivity contribution in [3.8, 4) is 23.0 Å². The van der Waals surface area contributed by atoms with Crippen LogP contribution in [-0.4, -0.2) is 39.9 Å². The quantitative estimate of drug-likeness (QED) is 0.816. The molecule has 5 nitrogen and oxygen atoms in total. The molecule has 0 unspecified atom stereocenters. The van der Waals surface area contributed by atoms with E-state index in [0.717, 1.165) is 42.5 Å². The summed E-state index contributed by atoms with van der Waals surface area (Å²) < 4.78 is 22.3. The lowest BCUT2D eigenvalue weighted by Crippen LogP contribution is -2.41. The minimum absolute atomic E-state index is 0.319. The van der Waals surface area contributed by atoms with Crippen LogP contribution >= 0.6 is 0 Å². The normalized spacial score (nSPS) is 20.9. The van der Waals surface area contributed by atoms with Gasteiger partial charge >= 0.3 is 0 Å². The molecule has 2 atom stereocenters. The predicted octanol–water partition coefficient (Wildman–Crippen LogP) is 3.94. The van der Waals surface area contributed by atoms with E-state index in [0.29, 0.717) is 12.0 Å². The molecule has 0 N–H and O–H groups in total. The molecule has 0 radical (unpaired) electrons. The first kappa shape index (κ1) is 18.0. The number of ether oxygens (including phenoxy) is 4. The van der Waals surface area contributed by atoms with Crippen molar-refractivity contribution in [3.63, 3.8) is 0 Å². The molecule has 0 saturated heterocycles. The van der Waals surface area contributed by atoms with Gasteiger partial charge in [0, 0.05) is 30.6 Å². The molecule has 27 heavy (non-hydrogen) atoms. The van der Waals surface area contributed by atoms with Gasteiger partial charge in [0.25, 0.3) is 0 Å². The van der Waals surface area contributed by atoms with E-state index in [1.807, 2.05) is 6.07 Å². The van der Waals surface area contributed by atoms with Gasteiger partial charge in [-0.15, -0.1) is 0 Å². The Morgan fingerprint density at radius 1 is 0.852 bits per heavy atom. The van der Waals surface area contributed by atoms with Gasteiger partial charge in [-0.3, -0.25) is 4.90 Å². The second kappa shape index (κ2) is 6.97. The first-order valence-electron chi connectivity index (χ1n) is 9.35. The molecule has 4 rings (SSSR count). The van der Waals surface area contributed by atoms with E-state index in [2.05, 4.69) is 30.0 Å². The highest BCUT2D eigenvalue weighted by Crippen LogP contribution is 2.50. The topological polar surface area (TPSA) is 40.2 Å². The molecule has 2 heterocycles. The van der Waals surface area contributed by atoms with Gasteiger partial charge in [-0.2, -0.15) is 0 Å². The van der Waals surface area contributed by atoms with Crippen LogP contribution in [-0.2, 0) is 13.0 Å². The molecule has 0 spiro atoms. The molecule has 0 saturated carbocycles. The molecule has 0 aromatic heterocycles. The van der Waals surface area contributed by atoms with Gasteiger partial charge in [0.05, 0.1) is 28.4 Å². The Balaban J connectivity index is 1.82. The second-order valence-corrected chi connectivity index (χ2v) is 7.23. The Morgan fingerprint density at radius 2 is 1.56 bits per heavy atom. The average molecular weight is 369 g/mol. The highest BCUT2D eigenvalue weighted by Gasteiger charge is 2.39. The molecule has 0 fully saturated rings. The number of fused-ring (bicyclic) bond motifs is 4. The van der Waals surface area contributed by atoms with Gasteiger partial charge < -0.3 is 18.9 Å². The summed E-state index contributed by atoms with van der Waals surface area (Å²) in [5, 5.41) is 0. The van der Waals surface area contributed by atoms with Crippen molar-refractivity contribution in [3.05, 3.63) is 46.5 Å². The summed E-state index contributed by atoms with van der Waals surface area (Å²) in [4.78, 5) is 2.54. The molecular formula is C22H27NO4. The maximum absolute atomic E-state index is 5.71. The fourth-order valence-electron chi connectivity index (χ4n) is 4.76. The first-order chi connectivity index (χ1) is 13.1. The molecule has 2 aliphatic heterocycles. The lowest BCUT2D eigenvalue weighted by atomic mass is 9.77. The molecule has 0 aliphatic carbocycles. The van der Waals surface area contributed by atoms with Crippen molar-refractivity contribution < 1.29 is 18.9 Å². The smallest absolute Gasteiger partial charge is 0.165 e. The van der Waals surface area contributed by atoms with Gasteiger partial charge in [0.1, 0.15) is 0 Å². The van der Waals surface area contributed by atoms with Gasteiger partial charge in [0.2, 0.25) is 0 Å². The zero-order chi connectivity index (χ0) is 19.1. The number of nitrogens with zero attached hydrogens (tertiary/aromatic N) is 1. The molecule has 2 aromatic carbocycles. The van der Waals surface area contributed by atoms with E-state index in [1.54, 1.807) is 28.4 Å². The van der Waals surface area contributed by atoms with E-state index in [1.165, 1.54) is 22.3 Å². The standard InChI is InChI=1S/C22H27NO4/c1-13-15-6-7-18(24-2)22(27-5)17(15)12-23-9-8-14-10-19(25-3)20(26-4)11-16(14)21(13)23/h6-7,10-11,13,21H,8-9,12H2,1-5H3/t13-,21+/m1/s1. The van der Waals surface area contributed by atoms with Crippen molar-refractivity contribution in [1.29, 1.82) is 0 Å². The van der Waals surface area contributed by atoms with E-state index < -0.39 is 0 Å². The van der Waals surface area contributed by atoms with Crippen LogP contribution in [0.1, 0.15) is 41.1 Å². The summed E-state index contributed by atoms with van der Waals surface area (Å²) in [7, 11) is 6.80. The van der Waals surface area contributed by atoms with E-state index >= 15 is 0 Å². The van der Waals surface area contributed by atoms with E-state index in [4.69, 9.17) is 18.9 Å². The van der Waals surface area contributed by atoms with Crippen molar-refractivity contribution in [1.82, 2.24) is 4.90 Å². The minimum atomic E-state index is 0.319. The fourth-order valence-corrected chi connectivity index (χ4v) is 4.76. The summed E-state index contributed by atoms with van der Waals surface area (Å²) in [6, 6.07) is 8.82. The zero-order valence-electron chi connectivity index (χ0n) is 16.7. The van der Waals surface area contributed by atoms with Gasteiger partial charge in [-0.05, 0) is 41.3 Å². The van der Waals surface area contributed by atoms with Crippen LogP contribution in [0.2, 0.25) is 0 Å². The summed E-state index contributed by atoms with van der Waals surface area (Å²) in [6.07, 6.45) is 1.00. The van der Waals surface area contributed by atoms with Crippen LogP contribution in [0.3, 0.4) is 0 Å². The molecule has 5 heteroatoms. The summed E-state index contributed by atoms with van der Waals surface area (Å²) in [6.45, 7) is 4.17. The largest absolute Gasteiger partial charge is 0.493 e. The van der Waals surface area contributed by atoms with Crippen molar-refractivity contribution in [2.24, 2.45) is 0 Å². The number of hydrogen-bond acceptors (Lipinski definition) is 5. The third kappa shape index (κ3) is 2.72. The lowest BCUT2D eigenvalue weighted by Gasteiger charge is -2.45. The van der Waals surface area contributed by atoms with Crippen molar-refractivity contribution in [2.75, 3.05) is 35.0 Å². The number of methoxy groups -OCH3 is 4. The highest BCUT2D eigenvalue weighted by molar-refractivity contribution is 5.56. The first-order valence-corrected chi connectivity index (χ1v) is 9.35. The lowest BCUT2D eigenvalue weighted by molar-refractivity contribution is 0.136. The zero-order valence-corrected chi connectivity index (χ0v) is 16.7. The Bertz CT molecular complexity index is 864. The summed E-state index contributed by atoms with van der Waals surface area (Å²) in [5.41, 5.74) is 5.26. The number of benzene rings is 2. The van der Waals surface area contributed by atoms with Crippen molar-refractivity contribution in [2.45, 2.75) is 31.8 Å². The maximum Gasteiger partial charge on any atom is 0.165 e. The minimum Gasteiger partial charge on any atom is -0.493 e.